The van der Waals surface area contributed by atoms with Crippen LogP contribution >= 0.6 is 0 Å². The number of nitriles is 2. The molecule has 0 saturated carbocycles. The van der Waals surface area contributed by atoms with Crippen LogP contribution in [0, 0.1) is 22.7 Å². The average molecular weight is 282 g/mol. The Balaban J connectivity index is 1.94. The fourth-order valence-corrected chi connectivity index (χ4v) is 1.71. The SMILES string of the molecule is CC1(C)OC=C(COc2ccc(C=C(C#N)C#N)cc2)O1. The number of ether oxygens (including phenoxy) is 3. The molecule has 0 radical (unpaired) electrons. The van der Waals surface area contributed by atoms with Gasteiger partial charge < -0.3 is 14.2 Å². The molecule has 1 aliphatic heterocycles. The van der Waals surface area contributed by atoms with Crippen molar-refractivity contribution in [2.24, 2.45) is 0 Å². The van der Waals surface area contributed by atoms with Crippen molar-refractivity contribution in [3.63, 3.8) is 0 Å². The van der Waals surface area contributed by atoms with Crippen LogP contribution in [0.25, 0.3) is 6.08 Å². The van der Waals surface area contributed by atoms with Crippen molar-refractivity contribution < 1.29 is 14.2 Å². The van der Waals surface area contributed by atoms with E-state index in [1.807, 2.05) is 26.0 Å². The maximum atomic E-state index is 8.69. The highest BCUT2D eigenvalue weighted by atomic mass is 16.7. The van der Waals surface area contributed by atoms with Gasteiger partial charge in [-0.15, -0.1) is 0 Å². The Morgan fingerprint density at radius 3 is 2.43 bits per heavy atom. The third-order valence-electron chi connectivity index (χ3n) is 2.66. The first-order valence-electron chi connectivity index (χ1n) is 6.33. The fourth-order valence-electron chi connectivity index (χ4n) is 1.71. The average Bonchev–Trinajstić information content (AvgIpc) is 2.83. The number of benzene rings is 1. The maximum Gasteiger partial charge on any atom is 0.244 e. The van der Waals surface area contributed by atoms with E-state index in [9.17, 15) is 0 Å². The summed E-state index contributed by atoms with van der Waals surface area (Å²) in [6.45, 7) is 3.92. The molecule has 0 unspecified atom stereocenters. The lowest BCUT2D eigenvalue weighted by Crippen LogP contribution is -2.21. The highest BCUT2D eigenvalue weighted by Gasteiger charge is 2.27. The molecule has 0 atom stereocenters. The summed E-state index contributed by atoms with van der Waals surface area (Å²) in [5.74, 6) is 0.648. The Kier molecular flexibility index (Phi) is 4.15. The summed E-state index contributed by atoms with van der Waals surface area (Å²) in [6, 6.07) is 10.7. The van der Waals surface area contributed by atoms with Gasteiger partial charge >= 0.3 is 0 Å². The zero-order chi connectivity index (χ0) is 15.3. The van der Waals surface area contributed by atoms with Crippen molar-refractivity contribution in [2.45, 2.75) is 19.6 Å². The lowest BCUT2D eigenvalue weighted by Gasteiger charge is -2.18. The molecule has 1 aliphatic rings. The molecule has 1 aromatic carbocycles. The first kappa shape index (κ1) is 14.5. The van der Waals surface area contributed by atoms with Crippen molar-refractivity contribution >= 4 is 6.08 Å². The number of rotatable bonds is 4. The summed E-state index contributed by atoms with van der Waals surface area (Å²) in [4.78, 5) is 0. The smallest absolute Gasteiger partial charge is 0.244 e. The van der Waals surface area contributed by atoms with Crippen LogP contribution in [0.5, 0.6) is 5.75 Å². The molecule has 0 fully saturated rings. The summed E-state index contributed by atoms with van der Waals surface area (Å²) in [5, 5.41) is 17.4. The predicted octanol–water partition coefficient (Wildman–Crippen LogP) is 3.12. The number of hydrogen-bond donors (Lipinski definition) is 0. The third-order valence-corrected chi connectivity index (χ3v) is 2.66. The summed E-state index contributed by atoms with van der Waals surface area (Å²) >= 11 is 0. The number of nitrogens with zero attached hydrogens (tertiary/aromatic N) is 2. The van der Waals surface area contributed by atoms with E-state index in [2.05, 4.69) is 0 Å². The molecule has 1 heterocycles. The van der Waals surface area contributed by atoms with Gasteiger partial charge in [0, 0.05) is 13.8 Å². The second-order valence-corrected chi connectivity index (χ2v) is 4.84. The van der Waals surface area contributed by atoms with E-state index >= 15 is 0 Å². The van der Waals surface area contributed by atoms with Crippen LogP contribution in [0.15, 0.2) is 41.9 Å². The summed E-state index contributed by atoms with van der Waals surface area (Å²) in [6.07, 6.45) is 3.06. The lowest BCUT2D eigenvalue weighted by atomic mass is 10.1. The molecule has 0 spiro atoms. The van der Waals surface area contributed by atoms with Gasteiger partial charge in [0.2, 0.25) is 5.79 Å². The monoisotopic (exact) mass is 282 g/mol. The van der Waals surface area contributed by atoms with Crippen LogP contribution in [0.2, 0.25) is 0 Å². The van der Waals surface area contributed by atoms with Gasteiger partial charge in [-0.3, -0.25) is 0 Å². The number of hydrogen-bond acceptors (Lipinski definition) is 5. The summed E-state index contributed by atoms with van der Waals surface area (Å²) < 4.78 is 16.4. The Bertz CT molecular complexity index is 642. The molecular formula is C16H14N2O3. The molecule has 21 heavy (non-hydrogen) atoms. The predicted molar refractivity (Wildman–Crippen MR) is 75.5 cm³/mol. The molecule has 0 bridgehead atoms. The molecule has 0 aliphatic carbocycles. The van der Waals surface area contributed by atoms with Gasteiger partial charge in [0.25, 0.3) is 0 Å². The first-order valence-corrected chi connectivity index (χ1v) is 6.33. The minimum absolute atomic E-state index is 0.0626. The molecule has 5 nitrogen and oxygen atoms in total. The van der Waals surface area contributed by atoms with E-state index in [0.29, 0.717) is 11.5 Å². The summed E-state index contributed by atoms with van der Waals surface area (Å²) in [5.41, 5.74) is 0.828. The molecule has 0 amide bonds. The van der Waals surface area contributed by atoms with E-state index in [1.165, 1.54) is 6.08 Å². The van der Waals surface area contributed by atoms with Crippen molar-refractivity contribution in [1.29, 1.82) is 10.5 Å². The van der Waals surface area contributed by atoms with E-state index in [0.717, 1.165) is 5.56 Å². The molecule has 0 aromatic heterocycles. The Labute approximate surface area is 123 Å². The van der Waals surface area contributed by atoms with Gasteiger partial charge in [-0.05, 0) is 23.8 Å². The van der Waals surface area contributed by atoms with Crippen LogP contribution in [0.4, 0.5) is 0 Å². The fraction of sp³-hybridized carbons (Fsp3) is 0.250. The minimum atomic E-state index is -0.641. The van der Waals surface area contributed by atoms with Gasteiger partial charge in [0.05, 0.1) is 0 Å². The molecule has 0 saturated heterocycles. The lowest BCUT2D eigenvalue weighted by molar-refractivity contribution is -0.119. The van der Waals surface area contributed by atoms with Crippen molar-refractivity contribution in [1.82, 2.24) is 0 Å². The Morgan fingerprint density at radius 2 is 1.90 bits per heavy atom. The second kappa shape index (κ2) is 6.02. The molecule has 1 aromatic rings. The van der Waals surface area contributed by atoms with Gasteiger partial charge in [-0.2, -0.15) is 10.5 Å². The molecule has 106 valence electrons. The van der Waals surface area contributed by atoms with E-state index < -0.39 is 5.79 Å². The largest absolute Gasteiger partial charge is 0.486 e. The van der Waals surface area contributed by atoms with E-state index in [-0.39, 0.29) is 12.2 Å². The van der Waals surface area contributed by atoms with Gasteiger partial charge in [-0.1, -0.05) is 12.1 Å². The van der Waals surface area contributed by atoms with Gasteiger partial charge in [0.15, 0.2) is 5.76 Å². The zero-order valence-corrected chi connectivity index (χ0v) is 11.8. The molecule has 0 N–H and O–H groups in total. The standard InChI is InChI=1S/C16H14N2O3/c1-16(2)20-11-15(21-16)10-19-14-5-3-12(4-6-14)7-13(8-17)9-18/h3-7,11H,10H2,1-2H3. The van der Waals surface area contributed by atoms with Crippen LogP contribution in [0.1, 0.15) is 19.4 Å². The van der Waals surface area contributed by atoms with Crippen molar-refractivity contribution in [3.8, 4) is 17.9 Å². The minimum Gasteiger partial charge on any atom is -0.486 e. The van der Waals surface area contributed by atoms with E-state index in [4.69, 9.17) is 24.7 Å². The number of allylic oxidation sites excluding steroid dienone is 1. The Morgan fingerprint density at radius 1 is 1.24 bits per heavy atom. The molecule has 2 rings (SSSR count). The van der Waals surface area contributed by atoms with Gasteiger partial charge in [-0.25, -0.2) is 0 Å². The van der Waals surface area contributed by atoms with Crippen LogP contribution in [0.3, 0.4) is 0 Å². The molecule has 5 heteroatoms. The molecular weight excluding hydrogens is 268 g/mol. The zero-order valence-electron chi connectivity index (χ0n) is 11.8. The highest BCUT2D eigenvalue weighted by Crippen LogP contribution is 2.25. The first-order chi connectivity index (χ1) is 10.0. The quantitative estimate of drug-likeness (QED) is 0.793. The summed E-state index contributed by atoms with van der Waals surface area (Å²) in [7, 11) is 0. The Hall–Kier alpha value is -2.92. The van der Waals surface area contributed by atoms with Gasteiger partial charge in [0.1, 0.15) is 36.3 Å². The van der Waals surface area contributed by atoms with E-state index in [1.54, 1.807) is 30.5 Å². The van der Waals surface area contributed by atoms with Crippen molar-refractivity contribution in [3.05, 3.63) is 47.4 Å². The van der Waals surface area contributed by atoms with Crippen LogP contribution < -0.4 is 4.74 Å². The van der Waals surface area contributed by atoms with Crippen LogP contribution in [-0.4, -0.2) is 12.4 Å². The second-order valence-electron chi connectivity index (χ2n) is 4.84. The maximum absolute atomic E-state index is 8.69. The third kappa shape index (κ3) is 4.02. The highest BCUT2D eigenvalue weighted by molar-refractivity contribution is 5.62. The van der Waals surface area contributed by atoms with Crippen molar-refractivity contribution in [2.75, 3.05) is 6.61 Å². The van der Waals surface area contributed by atoms with Crippen LogP contribution in [-0.2, 0) is 9.47 Å². The topological polar surface area (TPSA) is 75.3 Å². The normalized spacial score (nSPS) is 14.8.